The van der Waals surface area contributed by atoms with Crippen molar-refractivity contribution in [2.24, 2.45) is 0 Å². The molecular weight excluding hydrogens is 583 g/mol. The number of fused-ring (bicyclic) bond motifs is 2. The second-order valence-corrected chi connectivity index (χ2v) is 10.5. The molecule has 3 heterocycles. The first-order valence-electron chi connectivity index (χ1n) is 13.4. The third-order valence-electron chi connectivity index (χ3n) is 7.16. The summed E-state index contributed by atoms with van der Waals surface area (Å²) in [6.07, 6.45) is -1.98. The molecule has 0 spiro atoms. The molecular formula is C31H27ClF3N5O3. The maximum atomic E-state index is 14.0. The van der Waals surface area contributed by atoms with E-state index < -0.39 is 18.2 Å². The first kappa shape index (κ1) is 29.8. The van der Waals surface area contributed by atoms with Crippen LogP contribution in [0.3, 0.4) is 0 Å². The number of amides is 1. The number of aliphatic carboxylic acids is 1. The van der Waals surface area contributed by atoms with E-state index >= 15 is 0 Å². The quantitative estimate of drug-likeness (QED) is 0.291. The van der Waals surface area contributed by atoms with Crippen LogP contribution in [0.1, 0.15) is 22.3 Å². The summed E-state index contributed by atoms with van der Waals surface area (Å²) in [5.74, 6) is -1.28. The van der Waals surface area contributed by atoms with Crippen molar-refractivity contribution in [1.29, 1.82) is 0 Å². The largest absolute Gasteiger partial charge is 0.490 e. The molecule has 0 saturated heterocycles. The lowest BCUT2D eigenvalue weighted by Crippen LogP contribution is -2.49. The zero-order chi connectivity index (χ0) is 30.6. The predicted octanol–water partition coefficient (Wildman–Crippen LogP) is 5.90. The third-order valence-corrected chi connectivity index (χ3v) is 7.41. The molecule has 3 aromatic carbocycles. The maximum Gasteiger partial charge on any atom is 0.490 e. The summed E-state index contributed by atoms with van der Waals surface area (Å²) in [5.41, 5.74) is 5.49. The molecule has 12 heteroatoms. The van der Waals surface area contributed by atoms with E-state index in [0.29, 0.717) is 23.8 Å². The molecule has 222 valence electrons. The number of carbonyl (C=O) groups excluding carboxylic acids is 1. The summed E-state index contributed by atoms with van der Waals surface area (Å²) >= 11 is 6.13. The Hall–Kier alpha value is -4.64. The summed E-state index contributed by atoms with van der Waals surface area (Å²) in [7, 11) is 0. The lowest BCUT2D eigenvalue weighted by Gasteiger charge is -2.38. The van der Waals surface area contributed by atoms with Gasteiger partial charge < -0.3 is 15.3 Å². The van der Waals surface area contributed by atoms with Gasteiger partial charge in [-0.3, -0.25) is 9.69 Å². The Kier molecular flexibility index (Phi) is 8.81. The highest BCUT2D eigenvalue weighted by Crippen LogP contribution is 2.40. The topological polar surface area (TPSA) is 98.7 Å². The summed E-state index contributed by atoms with van der Waals surface area (Å²) in [6, 6.07) is 25.8. The Morgan fingerprint density at radius 1 is 0.953 bits per heavy atom. The standard InChI is InChI=1S/C29H26ClN5O.C2HF3O2/c30-24-12-10-21(11-13-24)17-35-26-27(33-25(29(35)36)16-20-6-2-1-3-7-20)31-19-32-28(26)34-15-14-22-8-4-5-9-23(22)18-34;3-2(4,5)1(6)7/h1-13,19,25H,14-18H2,(H,31,32,33);(H,6,7). The number of anilines is 3. The van der Waals surface area contributed by atoms with Crippen molar-refractivity contribution in [3.63, 3.8) is 0 Å². The molecule has 2 aliphatic heterocycles. The minimum Gasteiger partial charge on any atom is -0.475 e. The van der Waals surface area contributed by atoms with E-state index in [9.17, 15) is 18.0 Å². The van der Waals surface area contributed by atoms with Crippen molar-refractivity contribution in [3.8, 4) is 0 Å². The van der Waals surface area contributed by atoms with Crippen molar-refractivity contribution in [1.82, 2.24) is 9.97 Å². The average Bonchev–Trinajstić information content (AvgIpc) is 3.00. The van der Waals surface area contributed by atoms with Crippen LogP contribution in [0.25, 0.3) is 0 Å². The number of carboxylic acid groups (broad SMARTS) is 1. The smallest absolute Gasteiger partial charge is 0.475 e. The number of nitrogens with one attached hydrogen (secondary N) is 1. The summed E-state index contributed by atoms with van der Waals surface area (Å²) in [6.45, 7) is 1.99. The Morgan fingerprint density at radius 3 is 2.28 bits per heavy atom. The van der Waals surface area contributed by atoms with Gasteiger partial charge in [0.2, 0.25) is 5.91 Å². The monoisotopic (exact) mass is 609 g/mol. The molecule has 1 unspecified atom stereocenters. The van der Waals surface area contributed by atoms with Crippen LogP contribution in [0.5, 0.6) is 0 Å². The van der Waals surface area contributed by atoms with Crippen LogP contribution in [0.4, 0.5) is 30.5 Å². The second-order valence-electron chi connectivity index (χ2n) is 10.1. The Bertz CT molecular complexity index is 1600. The van der Waals surface area contributed by atoms with Gasteiger partial charge in [-0.25, -0.2) is 14.8 Å². The van der Waals surface area contributed by atoms with Crippen molar-refractivity contribution < 1.29 is 27.9 Å². The minimum absolute atomic E-state index is 0.00904. The van der Waals surface area contributed by atoms with Gasteiger partial charge in [0.05, 0.1) is 6.54 Å². The number of alkyl halides is 3. The Labute approximate surface area is 250 Å². The van der Waals surface area contributed by atoms with Gasteiger partial charge in [0.25, 0.3) is 0 Å². The van der Waals surface area contributed by atoms with Gasteiger partial charge in [0, 0.05) is 24.5 Å². The number of nitrogens with zero attached hydrogens (tertiary/aromatic N) is 4. The van der Waals surface area contributed by atoms with Gasteiger partial charge in [0.1, 0.15) is 18.1 Å². The van der Waals surface area contributed by atoms with Crippen LogP contribution < -0.4 is 15.1 Å². The fourth-order valence-corrected chi connectivity index (χ4v) is 5.20. The fraction of sp³-hybridized carbons (Fsp3) is 0.226. The molecule has 0 fully saturated rings. The second kappa shape index (κ2) is 12.7. The minimum atomic E-state index is -5.08. The van der Waals surface area contributed by atoms with E-state index in [2.05, 4.69) is 39.5 Å². The lowest BCUT2D eigenvalue weighted by atomic mass is 9.99. The maximum absolute atomic E-state index is 14.0. The van der Waals surface area contributed by atoms with Crippen LogP contribution in [0, 0.1) is 0 Å². The molecule has 0 radical (unpaired) electrons. The van der Waals surface area contributed by atoms with E-state index in [1.807, 2.05) is 59.5 Å². The highest BCUT2D eigenvalue weighted by Gasteiger charge is 2.38. The molecule has 43 heavy (non-hydrogen) atoms. The predicted molar refractivity (Wildman–Crippen MR) is 157 cm³/mol. The number of benzene rings is 3. The van der Waals surface area contributed by atoms with Crippen molar-refractivity contribution >= 4 is 40.8 Å². The molecule has 4 aromatic rings. The highest BCUT2D eigenvalue weighted by molar-refractivity contribution is 6.30. The van der Waals surface area contributed by atoms with Gasteiger partial charge in [-0.15, -0.1) is 0 Å². The molecule has 1 aromatic heterocycles. The van der Waals surface area contributed by atoms with Crippen LogP contribution in [0.2, 0.25) is 5.02 Å². The number of hydrogen-bond donors (Lipinski definition) is 2. The van der Waals surface area contributed by atoms with Gasteiger partial charge in [0.15, 0.2) is 11.6 Å². The van der Waals surface area contributed by atoms with Gasteiger partial charge in [-0.05, 0) is 40.8 Å². The van der Waals surface area contributed by atoms with Gasteiger partial charge in [-0.2, -0.15) is 13.2 Å². The Balaban J connectivity index is 0.000000472. The first-order chi connectivity index (χ1) is 20.6. The summed E-state index contributed by atoms with van der Waals surface area (Å²) < 4.78 is 31.7. The van der Waals surface area contributed by atoms with Gasteiger partial charge in [-0.1, -0.05) is 78.3 Å². The van der Waals surface area contributed by atoms with Gasteiger partial charge >= 0.3 is 12.1 Å². The van der Waals surface area contributed by atoms with E-state index in [1.54, 1.807) is 6.33 Å². The number of halogens is 4. The summed E-state index contributed by atoms with van der Waals surface area (Å²) in [4.78, 5) is 36.2. The third kappa shape index (κ3) is 7.06. The van der Waals surface area contributed by atoms with Crippen molar-refractivity contribution in [2.45, 2.75) is 38.1 Å². The average molecular weight is 610 g/mol. The fourth-order valence-electron chi connectivity index (χ4n) is 5.07. The normalized spacial score (nSPS) is 15.9. The highest BCUT2D eigenvalue weighted by atomic mass is 35.5. The summed E-state index contributed by atoms with van der Waals surface area (Å²) in [5, 5.41) is 11.2. The van der Waals surface area contributed by atoms with E-state index in [1.165, 1.54) is 11.1 Å². The van der Waals surface area contributed by atoms with E-state index in [-0.39, 0.29) is 5.91 Å². The number of hydrogen-bond acceptors (Lipinski definition) is 6. The van der Waals surface area contributed by atoms with Crippen LogP contribution in [0.15, 0.2) is 85.2 Å². The molecule has 1 amide bonds. The molecule has 2 aliphatic rings. The molecule has 6 rings (SSSR count). The van der Waals surface area contributed by atoms with Crippen LogP contribution in [-0.2, 0) is 35.5 Å². The number of carbonyl (C=O) groups is 2. The zero-order valence-electron chi connectivity index (χ0n) is 22.8. The molecule has 1 atom stereocenters. The molecule has 8 nitrogen and oxygen atoms in total. The van der Waals surface area contributed by atoms with Crippen LogP contribution >= 0.6 is 11.6 Å². The molecule has 0 aliphatic carbocycles. The van der Waals surface area contributed by atoms with Crippen molar-refractivity contribution in [3.05, 3.63) is 112 Å². The zero-order valence-corrected chi connectivity index (χ0v) is 23.5. The SMILES string of the molecule is O=C(O)C(F)(F)F.O=C1C(Cc2ccccc2)Nc2ncnc(N3CCc4ccccc4C3)c2N1Cc1ccc(Cl)cc1. The molecule has 2 N–H and O–H groups in total. The molecule has 0 saturated carbocycles. The van der Waals surface area contributed by atoms with E-state index in [0.717, 1.165) is 42.1 Å². The first-order valence-corrected chi connectivity index (χ1v) is 13.8. The lowest BCUT2D eigenvalue weighted by molar-refractivity contribution is -0.192. The van der Waals surface area contributed by atoms with Crippen LogP contribution in [-0.4, -0.2) is 45.7 Å². The number of rotatable bonds is 5. The van der Waals surface area contributed by atoms with E-state index in [4.69, 9.17) is 26.5 Å². The van der Waals surface area contributed by atoms with Crippen molar-refractivity contribution in [2.75, 3.05) is 21.7 Å². The number of carboxylic acids is 1. The Morgan fingerprint density at radius 2 is 1.60 bits per heavy atom. The number of aromatic nitrogens is 2. The molecule has 0 bridgehead atoms.